The van der Waals surface area contributed by atoms with Crippen LogP contribution >= 0.6 is 0 Å². The van der Waals surface area contributed by atoms with E-state index < -0.39 is 5.91 Å². The van der Waals surface area contributed by atoms with E-state index >= 15 is 0 Å². The van der Waals surface area contributed by atoms with Gasteiger partial charge in [0, 0.05) is 37.7 Å². The fraction of sp³-hybridized carbons (Fsp3) is 0.350. The number of nitrogens with two attached hydrogens (primary N) is 1. The molecular formula is C20H21FN4O3. The third-order valence-corrected chi connectivity index (χ3v) is 5.44. The maximum Gasteiger partial charge on any atom is 0.323 e. The van der Waals surface area contributed by atoms with Crippen molar-refractivity contribution < 1.29 is 18.7 Å². The number of rotatable bonds is 2. The number of amides is 3. The van der Waals surface area contributed by atoms with Crippen molar-refractivity contribution in [3.05, 3.63) is 53.5 Å². The number of primary amides is 1. The standard InChI is InChI=1S/C20H21FN4O3/c21-15-1-2-16-13(11-15)3-5-20(28-16)6-9-25(10-7-20)19(27)24-17-12-14(18(22)26)4-8-23-17/h1-2,4,8,11-12H,3,5-7,9-10H2,(H2,22,26)(H,23,24,27). The average molecular weight is 384 g/mol. The number of hydrogen-bond acceptors (Lipinski definition) is 4. The number of ether oxygens (including phenoxy) is 1. The fourth-order valence-electron chi connectivity index (χ4n) is 3.80. The van der Waals surface area contributed by atoms with Crippen molar-refractivity contribution in [2.24, 2.45) is 5.73 Å². The third kappa shape index (κ3) is 3.62. The number of aryl methyl sites for hydroxylation is 1. The van der Waals surface area contributed by atoms with Crippen LogP contribution in [0.25, 0.3) is 0 Å². The van der Waals surface area contributed by atoms with Gasteiger partial charge in [-0.05, 0) is 48.7 Å². The molecule has 1 fully saturated rings. The van der Waals surface area contributed by atoms with Crippen LogP contribution < -0.4 is 15.8 Å². The second kappa shape index (κ2) is 7.10. The zero-order valence-electron chi connectivity index (χ0n) is 15.3. The smallest absolute Gasteiger partial charge is 0.323 e. The van der Waals surface area contributed by atoms with Gasteiger partial charge in [0.2, 0.25) is 5.91 Å². The Hall–Kier alpha value is -3.16. The summed E-state index contributed by atoms with van der Waals surface area (Å²) in [6.45, 7) is 1.08. The van der Waals surface area contributed by atoms with Gasteiger partial charge < -0.3 is 15.4 Å². The van der Waals surface area contributed by atoms with E-state index in [-0.39, 0.29) is 28.8 Å². The lowest BCUT2D eigenvalue weighted by Gasteiger charge is -2.44. The van der Waals surface area contributed by atoms with Crippen molar-refractivity contribution in [2.45, 2.75) is 31.3 Å². The number of nitrogens with zero attached hydrogens (tertiary/aromatic N) is 2. The predicted octanol–water partition coefficient (Wildman–Crippen LogP) is 2.71. The van der Waals surface area contributed by atoms with E-state index in [1.165, 1.54) is 30.5 Å². The van der Waals surface area contributed by atoms with Gasteiger partial charge in [-0.2, -0.15) is 0 Å². The van der Waals surface area contributed by atoms with Gasteiger partial charge in [0.15, 0.2) is 0 Å². The molecule has 2 aliphatic rings. The summed E-state index contributed by atoms with van der Waals surface area (Å²) in [5.41, 5.74) is 6.12. The lowest BCUT2D eigenvalue weighted by Crippen LogP contribution is -2.52. The van der Waals surface area contributed by atoms with E-state index in [1.807, 2.05) is 0 Å². The van der Waals surface area contributed by atoms with Gasteiger partial charge >= 0.3 is 6.03 Å². The van der Waals surface area contributed by atoms with E-state index in [0.717, 1.165) is 24.2 Å². The second-order valence-electron chi connectivity index (χ2n) is 7.25. The molecule has 28 heavy (non-hydrogen) atoms. The minimum absolute atomic E-state index is 0.251. The summed E-state index contributed by atoms with van der Waals surface area (Å²) in [7, 11) is 0. The van der Waals surface area contributed by atoms with Crippen molar-refractivity contribution in [1.29, 1.82) is 0 Å². The molecule has 1 saturated heterocycles. The van der Waals surface area contributed by atoms with E-state index in [9.17, 15) is 14.0 Å². The zero-order valence-corrected chi connectivity index (χ0v) is 15.3. The van der Waals surface area contributed by atoms with Crippen LogP contribution in [0.3, 0.4) is 0 Å². The predicted molar refractivity (Wildman–Crippen MR) is 101 cm³/mol. The number of hydrogen-bond donors (Lipinski definition) is 2. The number of halogens is 1. The molecule has 2 aromatic rings. The molecule has 146 valence electrons. The van der Waals surface area contributed by atoms with Crippen LogP contribution in [0, 0.1) is 5.82 Å². The Morgan fingerprint density at radius 1 is 1.18 bits per heavy atom. The highest BCUT2D eigenvalue weighted by atomic mass is 19.1. The van der Waals surface area contributed by atoms with Gasteiger partial charge in [0.1, 0.15) is 23.0 Å². The maximum atomic E-state index is 13.4. The minimum Gasteiger partial charge on any atom is -0.487 e. The van der Waals surface area contributed by atoms with E-state index in [2.05, 4.69) is 10.3 Å². The van der Waals surface area contributed by atoms with Crippen LogP contribution in [0.15, 0.2) is 36.5 Å². The van der Waals surface area contributed by atoms with E-state index in [0.29, 0.717) is 25.9 Å². The quantitative estimate of drug-likeness (QED) is 0.832. The first-order valence-electron chi connectivity index (χ1n) is 9.23. The lowest BCUT2D eigenvalue weighted by molar-refractivity contribution is -0.00448. The summed E-state index contributed by atoms with van der Waals surface area (Å²) >= 11 is 0. The Morgan fingerprint density at radius 2 is 1.96 bits per heavy atom. The summed E-state index contributed by atoms with van der Waals surface area (Å²) in [5, 5.41) is 2.71. The highest BCUT2D eigenvalue weighted by molar-refractivity contribution is 5.95. The number of aromatic nitrogens is 1. The Kier molecular flexibility index (Phi) is 4.62. The van der Waals surface area contributed by atoms with Crippen molar-refractivity contribution in [3.63, 3.8) is 0 Å². The number of urea groups is 1. The van der Waals surface area contributed by atoms with Crippen molar-refractivity contribution in [3.8, 4) is 5.75 Å². The van der Waals surface area contributed by atoms with Crippen LogP contribution in [-0.4, -0.2) is 40.5 Å². The Labute approximate surface area is 161 Å². The number of fused-ring (bicyclic) bond motifs is 1. The molecule has 0 atom stereocenters. The van der Waals surface area contributed by atoms with E-state index in [1.54, 1.807) is 11.0 Å². The van der Waals surface area contributed by atoms with Gasteiger partial charge in [-0.25, -0.2) is 14.2 Å². The highest BCUT2D eigenvalue weighted by Gasteiger charge is 2.40. The van der Waals surface area contributed by atoms with Gasteiger partial charge in [-0.1, -0.05) is 0 Å². The summed E-state index contributed by atoms with van der Waals surface area (Å²) in [6, 6.07) is 7.29. The molecule has 8 heteroatoms. The molecule has 3 amide bonds. The molecule has 0 unspecified atom stereocenters. The SMILES string of the molecule is NC(=O)c1ccnc(NC(=O)N2CCC3(CCc4cc(F)ccc4O3)CC2)c1. The van der Waals surface area contributed by atoms with Crippen molar-refractivity contribution >= 4 is 17.8 Å². The van der Waals surface area contributed by atoms with Crippen LogP contribution in [0.2, 0.25) is 0 Å². The van der Waals surface area contributed by atoms with Gasteiger partial charge in [0.05, 0.1) is 0 Å². The molecule has 0 radical (unpaired) electrons. The van der Waals surface area contributed by atoms with Crippen molar-refractivity contribution in [1.82, 2.24) is 9.88 Å². The molecule has 2 aliphatic heterocycles. The second-order valence-corrected chi connectivity index (χ2v) is 7.25. The van der Waals surface area contributed by atoms with Crippen LogP contribution in [0.1, 0.15) is 35.2 Å². The molecular weight excluding hydrogens is 363 g/mol. The number of benzene rings is 1. The summed E-state index contributed by atoms with van der Waals surface area (Å²) in [6.07, 6.45) is 4.40. The molecule has 1 aromatic heterocycles. The Bertz CT molecular complexity index is 925. The van der Waals surface area contributed by atoms with Crippen LogP contribution in [-0.2, 0) is 6.42 Å². The Morgan fingerprint density at radius 3 is 2.71 bits per heavy atom. The topological polar surface area (TPSA) is 97.6 Å². The first-order chi connectivity index (χ1) is 13.4. The molecule has 3 N–H and O–H groups in total. The van der Waals surface area contributed by atoms with Crippen LogP contribution in [0.5, 0.6) is 5.75 Å². The molecule has 0 saturated carbocycles. The number of piperidine rings is 1. The van der Waals surface area contributed by atoms with Crippen LogP contribution in [0.4, 0.5) is 15.0 Å². The highest BCUT2D eigenvalue weighted by Crippen LogP contribution is 2.39. The molecule has 3 heterocycles. The Balaban J connectivity index is 1.38. The lowest BCUT2D eigenvalue weighted by atomic mass is 9.83. The fourth-order valence-corrected chi connectivity index (χ4v) is 3.80. The summed E-state index contributed by atoms with van der Waals surface area (Å²) < 4.78 is 19.6. The molecule has 1 spiro atoms. The van der Waals surface area contributed by atoms with Crippen molar-refractivity contribution in [2.75, 3.05) is 18.4 Å². The molecule has 4 rings (SSSR count). The molecule has 1 aromatic carbocycles. The third-order valence-electron chi connectivity index (χ3n) is 5.44. The number of nitrogens with one attached hydrogen (secondary N) is 1. The zero-order chi connectivity index (χ0) is 19.7. The van der Waals surface area contributed by atoms with E-state index in [4.69, 9.17) is 10.5 Å². The normalized spacial score (nSPS) is 17.5. The first-order valence-corrected chi connectivity index (χ1v) is 9.23. The number of carbonyl (C=O) groups is 2. The number of anilines is 1. The average Bonchev–Trinajstić information content (AvgIpc) is 2.69. The summed E-state index contributed by atoms with van der Waals surface area (Å²) in [4.78, 5) is 29.5. The summed E-state index contributed by atoms with van der Waals surface area (Å²) in [5.74, 6) is 0.190. The number of carbonyl (C=O) groups excluding carboxylic acids is 2. The first kappa shape index (κ1) is 18.2. The van der Waals surface area contributed by atoms with Gasteiger partial charge in [-0.3, -0.25) is 10.1 Å². The van der Waals surface area contributed by atoms with Gasteiger partial charge in [0.25, 0.3) is 0 Å². The number of pyridine rings is 1. The minimum atomic E-state index is -0.576. The monoisotopic (exact) mass is 384 g/mol. The van der Waals surface area contributed by atoms with Gasteiger partial charge in [-0.15, -0.1) is 0 Å². The molecule has 0 aliphatic carbocycles. The maximum absolute atomic E-state index is 13.4. The molecule has 7 nitrogen and oxygen atoms in total. The largest absolute Gasteiger partial charge is 0.487 e. The number of likely N-dealkylation sites (tertiary alicyclic amines) is 1. The molecule has 0 bridgehead atoms.